The van der Waals surface area contributed by atoms with Crippen LogP contribution in [0.5, 0.6) is 23.0 Å². The number of ether oxygens (including phenoxy) is 5. The van der Waals surface area contributed by atoms with E-state index in [0.29, 0.717) is 38.7 Å². The molecule has 0 fully saturated rings. The Kier molecular flexibility index (Phi) is 9.09. The standard InChI is InChI=1S/C32H28F2N2O7S/c1-5-42-30(38)26-27(19-9-7-6-8-10-19)35-32-36(28(26)20-12-14-21(39-2)24(17-20)41-4)29(37)25(44-32)16-18-11-13-22(43-31(33)34)23(15-18)40-3/h6-17,28,31H,5H2,1-4H3/b25-16+/t28-/m1/s1. The van der Waals surface area contributed by atoms with Gasteiger partial charge in [-0.2, -0.15) is 8.78 Å². The predicted molar refractivity (Wildman–Crippen MR) is 160 cm³/mol. The van der Waals surface area contributed by atoms with Gasteiger partial charge in [-0.15, -0.1) is 0 Å². The van der Waals surface area contributed by atoms with Crippen LogP contribution in [0.15, 0.2) is 82.1 Å². The summed E-state index contributed by atoms with van der Waals surface area (Å²) in [6.45, 7) is -1.21. The lowest BCUT2D eigenvalue weighted by atomic mass is 9.93. The Labute approximate surface area is 254 Å². The van der Waals surface area contributed by atoms with E-state index in [4.69, 9.17) is 23.9 Å². The fourth-order valence-electron chi connectivity index (χ4n) is 4.90. The van der Waals surface area contributed by atoms with Crippen molar-refractivity contribution in [2.75, 3.05) is 27.9 Å². The lowest BCUT2D eigenvalue weighted by molar-refractivity contribution is -0.138. The zero-order valence-corrected chi connectivity index (χ0v) is 25.0. The van der Waals surface area contributed by atoms with Crippen molar-refractivity contribution in [3.8, 4) is 23.0 Å². The molecule has 0 unspecified atom stereocenters. The number of esters is 1. The van der Waals surface area contributed by atoms with Gasteiger partial charge in [0.05, 0.1) is 49.8 Å². The molecule has 1 atom stereocenters. The maximum atomic E-state index is 14.1. The van der Waals surface area contributed by atoms with Gasteiger partial charge < -0.3 is 23.7 Å². The van der Waals surface area contributed by atoms with E-state index in [2.05, 4.69) is 4.74 Å². The van der Waals surface area contributed by atoms with Gasteiger partial charge in [0.15, 0.2) is 27.8 Å². The van der Waals surface area contributed by atoms with Gasteiger partial charge in [-0.1, -0.05) is 53.8 Å². The minimum absolute atomic E-state index is 0.0750. The summed E-state index contributed by atoms with van der Waals surface area (Å²) < 4.78 is 53.6. The van der Waals surface area contributed by atoms with Crippen molar-refractivity contribution >= 4 is 29.1 Å². The van der Waals surface area contributed by atoms with Crippen molar-refractivity contribution in [2.24, 2.45) is 4.99 Å². The smallest absolute Gasteiger partial charge is 0.387 e. The summed E-state index contributed by atoms with van der Waals surface area (Å²) in [6.07, 6.45) is 1.60. The maximum Gasteiger partial charge on any atom is 0.387 e. The molecule has 1 aliphatic heterocycles. The van der Waals surface area contributed by atoms with E-state index in [1.54, 1.807) is 31.2 Å². The Morgan fingerprint density at radius 2 is 1.64 bits per heavy atom. The number of aromatic nitrogens is 1. The third kappa shape index (κ3) is 5.93. The van der Waals surface area contributed by atoms with Gasteiger partial charge >= 0.3 is 12.6 Å². The highest BCUT2D eigenvalue weighted by Crippen LogP contribution is 2.38. The molecule has 0 bridgehead atoms. The number of methoxy groups -OCH3 is 3. The molecule has 2 heterocycles. The average Bonchev–Trinajstić information content (AvgIpc) is 3.34. The van der Waals surface area contributed by atoms with Gasteiger partial charge in [-0.05, 0) is 48.4 Å². The van der Waals surface area contributed by atoms with E-state index in [1.165, 1.54) is 44.1 Å². The van der Waals surface area contributed by atoms with Crippen molar-refractivity contribution in [1.82, 2.24) is 4.57 Å². The molecule has 0 saturated heterocycles. The minimum Gasteiger partial charge on any atom is -0.493 e. The van der Waals surface area contributed by atoms with Crippen molar-refractivity contribution in [2.45, 2.75) is 19.6 Å². The summed E-state index contributed by atoms with van der Waals surface area (Å²) in [5.74, 6) is 0.198. The second kappa shape index (κ2) is 13.1. The number of carbonyl (C=O) groups excluding carboxylic acids is 1. The fourth-order valence-corrected chi connectivity index (χ4v) is 5.90. The number of hydrogen-bond acceptors (Lipinski definition) is 9. The molecule has 0 N–H and O–H groups in total. The van der Waals surface area contributed by atoms with E-state index in [-0.39, 0.29) is 28.2 Å². The van der Waals surface area contributed by atoms with Gasteiger partial charge in [0.1, 0.15) is 0 Å². The van der Waals surface area contributed by atoms with Crippen LogP contribution in [0.3, 0.4) is 0 Å². The molecule has 0 saturated carbocycles. The number of benzene rings is 3. The third-order valence-electron chi connectivity index (χ3n) is 6.80. The highest BCUT2D eigenvalue weighted by Gasteiger charge is 2.35. The Morgan fingerprint density at radius 3 is 2.30 bits per heavy atom. The fraction of sp³-hybridized carbons (Fsp3) is 0.219. The lowest BCUT2D eigenvalue weighted by Gasteiger charge is -2.26. The lowest BCUT2D eigenvalue weighted by Crippen LogP contribution is -2.40. The third-order valence-corrected chi connectivity index (χ3v) is 7.78. The largest absolute Gasteiger partial charge is 0.493 e. The first-order valence-electron chi connectivity index (χ1n) is 13.4. The molecule has 0 amide bonds. The molecule has 0 radical (unpaired) electrons. The molecule has 1 aromatic heterocycles. The van der Waals surface area contributed by atoms with Crippen LogP contribution in [-0.2, 0) is 9.53 Å². The molecular weight excluding hydrogens is 594 g/mol. The molecule has 4 aromatic rings. The highest BCUT2D eigenvalue weighted by atomic mass is 32.1. The van der Waals surface area contributed by atoms with E-state index < -0.39 is 24.2 Å². The van der Waals surface area contributed by atoms with Crippen molar-refractivity contribution < 1.29 is 37.3 Å². The Balaban J connectivity index is 1.78. The number of thiazole rings is 1. The molecule has 9 nitrogen and oxygen atoms in total. The summed E-state index contributed by atoms with van der Waals surface area (Å²) in [4.78, 5) is 32.9. The zero-order chi connectivity index (χ0) is 31.4. The summed E-state index contributed by atoms with van der Waals surface area (Å²) in [6, 6.07) is 17.8. The summed E-state index contributed by atoms with van der Waals surface area (Å²) in [5.41, 5.74) is 1.86. The first-order valence-corrected chi connectivity index (χ1v) is 14.2. The molecule has 0 aliphatic carbocycles. The average molecular weight is 623 g/mol. The number of alkyl halides is 2. The topological polar surface area (TPSA) is 97.6 Å². The first kappa shape index (κ1) is 30.5. The van der Waals surface area contributed by atoms with Crippen molar-refractivity contribution in [3.63, 3.8) is 0 Å². The normalized spacial score (nSPS) is 14.6. The van der Waals surface area contributed by atoms with Gasteiger partial charge in [0.2, 0.25) is 0 Å². The maximum absolute atomic E-state index is 14.1. The van der Waals surface area contributed by atoms with Crippen LogP contribution in [0.25, 0.3) is 11.8 Å². The molecule has 44 heavy (non-hydrogen) atoms. The van der Waals surface area contributed by atoms with Gasteiger partial charge in [0.25, 0.3) is 5.56 Å². The van der Waals surface area contributed by atoms with Gasteiger partial charge in [0, 0.05) is 5.56 Å². The van der Waals surface area contributed by atoms with Crippen LogP contribution < -0.4 is 33.8 Å². The van der Waals surface area contributed by atoms with E-state index in [9.17, 15) is 18.4 Å². The molecular formula is C32H28F2N2O7S. The molecule has 0 spiro atoms. The number of fused-ring (bicyclic) bond motifs is 1. The Morgan fingerprint density at radius 1 is 0.955 bits per heavy atom. The molecule has 3 aromatic carbocycles. The van der Waals surface area contributed by atoms with Crippen LogP contribution >= 0.6 is 11.3 Å². The van der Waals surface area contributed by atoms with Gasteiger partial charge in [-0.25, -0.2) is 9.79 Å². The first-order chi connectivity index (χ1) is 21.3. The predicted octanol–water partition coefficient (Wildman–Crippen LogP) is 4.56. The molecule has 228 valence electrons. The summed E-state index contributed by atoms with van der Waals surface area (Å²) in [7, 11) is 4.34. The van der Waals surface area contributed by atoms with Crippen LogP contribution in [-0.4, -0.2) is 45.1 Å². The Hall–Kier alpha value is -4.97. The minimum atomic E-state index is -3.03. The monoisotopic (exact) mass is 622 g/mol. The number of rotatable bonds is 10. The van der Waals surface area contributed by atoms with Crippen LogP contribution in [0.2, 0.25) is 0 Å². The van der Waals surface area contributed by atoms with E-state index >= 15 is 0 Å². The van der Waals surface area contributed by atoms with Gasteiger partial charge in [-0.3, -0.25) is 9.36 Å². The van der Waals surface area contributed by atoms with Crippen molar-refractivity contribution in [3.05, 3.63) is 109 Å². The summed E-state index contributed by atoms with van der Waals surface area (Å²) >= 11 is 1.12. The molecule has 5 rings (SSSR count). The second-order valence-corrected chi connectivity index (χ2v) is 10.3. The van der Waals surface area contributed by atoms with Crippen LogP contribution in [0, 0.1) is 0 Å². The van der Waals surface area contributed by atoms with Crippen LogP contribution in [0.4, 0.5) is 8.78 Å². The number of hydrogen-bond donors (Lipinski definition) is 0. The summed E-state index contributed by atoms with van der Waals surface area (Å²) in [5, 5.41) is 0. The Bertz CT molecular complexity index is 1900. The van der Waals surface area contributed by atoms with Crippen molar-refractivity contribution in [1.29, 1.82) is 0 Å². The van der Waals surface area contributed by atoms with Crippen LogP contribution in [0.1, 0.15) is 29.7 Å². The SMILES string of the molecule is CCOC(=O)C1=C(c2ccccc2)N=c2s/c(=C/c3ccc(OC(F)F)c(OC)c3)c(=O)n2[C@@H]1c1ccc(OC)c(OC)c1. The number of nitrogens with zero attached hydrogens (tertiary/aromatic N) is 2. The zero-order valence-electron chi connectivity index (χ0n) is 24.2. The quantitative estimate of drug-likeness (QED) is 0.239. The second-order valence-electron chi connectivity index (χ2n) is 9.33. The highest BCUT2D eigenvalue weighted by molar-refractivity contribution is 7.07. The molecule has 12 heteroatoms. The van der Waals surface area contributed by atoms with E-state index in [0.717, 1.165) is 11.3 Å². The van der Waals surface area contributed by atoms with E-state index in [1.807, 2.05) is 30.3 Å². The number of halogens is 2. The number of carbonyl (C=O) groups is 1. The molecule has 1 aliphatic rings.